The van der Waals surface area contributed by atoms with Crippen LogP contribution in [0, 0.1) is 0 Å². The van der Waals surface area contributed by atoms with Gasteiger partial charge < -0.3 is 10.5 Å². The molecule has 1 aliphatic rings. The van der Waals surface area contributed by atoms with Gasteiger partial charge in [-0.25, -0.2) is 4.98 Å². The Hall–Kier alpha value is -1.46. The number of pyridine rings is 1. The van der Waals surface area contributed by atoms with E-state index in [-0.39, 0.29) is 0 Å². The highest BCUT2D eigenvalue weighted by atomic mass is 79.9. The number of benzene rings is 1. The van der Waals surface area contributed by atoms with Crippen molar-refractivity contribution >= 4 is 33.1 Å². The number of nitrogens with two attached hydrogens (primary N) is 1. The third kappa shape index (κ3) is 2.69. The van der Waals surface area contributed by atoms with Crippen molar-refractivity contribution in [2.75, 3.05) is 0 Å². The summed E-state index contributed by atoms with van der Waals surface area (Å²) in [6.45, 7) is 0. The van der Waals surface area contributed by atoms with Crippen LogP contribution in [0.5, 0.6) is 11.6 Å². The Bertz CT molecular complexity index is 670. The molecular formula is C15H13BrN2OS. The van der Waals surface area contributed by atoms with E-state index < -0.39 is 0 Å². The van der Waals surface area contributed by atoms with Gasteiger partial charge in [-0.1, -0.05) is 28.1 Å². The van der Waals surface area contributed by atoms with E-state index in [0.29, 0.717) is 16.4 Å². The van der Waals surface area contributed by atoms with E-state index in [9.17, 15) is 0 Å². The predicted octanol–water partition coefficient (Wildman–Crippen LogP) is 3.76. The minimum absolute atomic E-state index is 0.319. The Balaban J connectivity index is 1.99. The van der Waals surface area contributed by atoms with Crippen LogP contribution in [0.2, 0.25) is 0 Å². The number of aromatic nitrogens is 1. The van der Waals surface area contributed by atoms with Gasteiger partial charge >= 0.3 is 0 Å². The first kappa shape index (κ1) is 13.5. The van der Waals surface area contributed by atoms with Crippen molar-refractivity contribution < 1.29 is 4.74 Å². The summed E-state index contributed by atoms with van der Waals surface area (Å²) in [5, 5.41) is 0. The molecule has 102 valence electrons. The molecule has 5 heteroatoms. The van der Waals surface area contributed by atoms with Crippen LogP contribution < -0.4 is 10.5 Å². The first-order chi connectivity index (χ1) is 9.63. The van der Waals surface area contributed by atoms with E-state index in [1.54, 1.807) is 0 Å². The van der Waals surface area contributed by atoms with Gasteiger partial charge in [0.2, 0.25) is 5.88 Å². The maximum absolute atomic E-state index is 5.85. The fourth-order valence-electron chi connectivity index (χ4n) is 2.32. The Morgan fingerprint density at radius 2 is 2.00 bits per heavy atom. The number of ether oxygens (including phenoxy) is 1. The molecule has 20 heavy (non-hydrogen) atoms. The number of hydrogen-bond donors (Lipinski definition) is 1. The molecule has 0 fully saturated rings. The second-order valence-corrected chi connectivity index (χ2v) is 6.08. The molecule has 0 unspecified atom stereocenters. The molecule has 1 aromatic heterocycles. The van der Waals surface area contributed by atoms with Crippen LogP contribution in [-0.4, -0.2) is 9.97 Å². The number of hydrogen-bond acceptors (Lipinski definition) is 3. The van der Waals surface area contributed by atoms with Crippen LogP contribution in [-0.2, 0) is 12.8 Å². The van der Waals surface area contributed by atoms with E-state index >= 15 is 0 Å². The summed E-state index contributed by atoms with van der Waals surface area (Å²) >= 11 is 8.51. The lowest BCUT2D eigenvalue weighted by Gasteiger charge is -2.11. The zero-order valence-electron chi connectivity index (χ0n) is 10.7. The summed E-state index contributed by atoms with van der Waals surface area (Å²) in [6.07, 6.45) is 3.15. The molecule has 3 rings (SSSR count). The second kappa shape index (κ2) is 5.50. The number of fused-ring (bicyclic) bond motifs is 1. The summed E-state index contributed by atoms with van der Waals surface area (Å²) in [5.41, 5.74) is 8.83. The van der Waals surface area contributed by atoms with Crippen LogP contribution in [0.15, 0.2) is 34.8 Å². The number of halogens is 1. The van der Waals surface area contributed by atoms with Gasteiger partial charge in [0.05, 0.1) is 5.56 Å². The number of aryl methyl sites for hydroxylation is 2. The first-order valence-corrected chi connectivity index (χ1v) is 7.59. The summed E-state index contributed by atoms with van der Waals surface area (Å²) in [6, 6.07) is 9.61. The maximum Gasteiger partial charge on any atom is 0.229 e. The van der Waals surface area contributed by atoms with Crippen molar-refractivity contribution in [3.05, 3.63) is 51.6 Å². The summed E-state index contributed by atoms with van der Waals surface area (Å²) in [5.74, 6) is 1.22. The largest absolute Gasteiger partial charge is 0.438 e. The topological polar surface area (TPSA) is 48.1 Å². The fraction of sp³-hybridized carbons (Fsp3) is 0.200. The van der Waals surface area contributed by atoms with Crippen LogP contribution in [0.4, 0.5) is 0 Å². The van der Waals surface area contributed by atoms with Crippen molar-refractivity contribution in [3.63, 3.8) is 0 Å². The third-order valence-electron chi connectivity index (χ3n) is 3.31. The van der Waals surface area contributed by atoms with E-state index in [0.717, 1.165) is 35.2 Å². The van der Waals surface area contributed by atoms with E-state index in [1.165, 1.54) is 5.56 Å². The van der Waals surface area contributed by atoms with Gasteiger partial charge in [0.1, 0.15) is 10.7 Å². The standard InChI is InChI=1S/C15H13BrN2OS/c16-10-4-6-11(7-5-10)19-15-12(14(17)20)8-9-2-1-3-13(9)18-15/h4-8H,1-3H2,(H2,17,20). The molecule has 0 saturated heterocycles. The lowest BCUT2D eigenvalue weighted by Crippen LogP contribution is -2.13. The zero-order chi connectivity index (χ0) is 14.1. The summed E-state index contributed by atoms with van der Waals surface area (Å²) in [4.78, 5) is 4.91. The quantitative estimate of drug-likeness (QED) is 0.858. The Morgan fingerprint density at radius 1 is 1.25 bits per heavy atom. The second-order valence-electron chi connectivity index (χ2n) is 4.72. The highest BCUT2D eigenvalue weighted by Crippen LogP contribution is 2.30. The van der Waals surface area contributed by atoms with E-state index in [1.807, 2.05) is 30.3 Å². The van der Waals surface area contributed by atoms with Crippen molar-refractivity contribution in [1.29, 1.82) is 0 Å². The van der Waals surface area contributed by atoms with Crippen molar-refractivity contribution in [2.24, 2.45) is 5.73 Å². The molecule has 1 aromatic carbocycles. The van der Waals surface area contributed by atoms with Gasteiger partial charge in [-0.3, -0.25) is 0 Å². The van der Waals surface area contributed by atoms with Crippen molar-refractivity contribution in [2.45, 2.75) is 19.3 Å². The van der Waals surface area contributed by atoms with Gasteiger partial charge in [0.15, 0.2) is 0 Å². The Kier molecular flexibility index (Phi) is 3.72. The first-order valence-electron chi connectivity index (χ1n) is 6.39. The lowest BCUT2D eigenvalue weighted by atomic mass is 10.1. The third-order valence-corrected chi connectivity index (χ3v) is 4.06. The maximum atomic E-state index is 5.85. The van der Waals surface area contributed by atoms with Gasteiger partial charge in [0, 0.05) is 10.2 Å². The fourth-order valence-corrected chi connectivity index (χ4v) is 2.73. The highest BCUT2D eigenvalue weighted by molar-refractivity contribution is 9.10. The van der Waals surface area contributed by atoms with Crippen molar-refractivity contribution in [1.82, 2.24) is 4.98 Å². The number of rotatable bonds is 3. The van der Waals surface area contributed by atoms with Gasteiger partial charge in [-0.2, -0.15) is 0 Å². The number of thiocarbonyl (C=S) groups is 1. The molecule has 0 atom stereocenters. The van der Waals surface area contributed by atoms with Crippen molar-refractivity contribution in [3.8, 4) is 11.6 Å². The molecular weight excluding hydrogens is 336 g/mol. The smallest absolute Gasteiger partial charge is 0.229 e. The van der Waals surface area contributed by atoms with Crippen LogP contribution in [0.1, 0.15) is 23.2 Å². The predicted molar refractivity (Wildman–Crippen MR) is 86.4 cm³/mol. The van der Waals surface area contributed by atoms with Gasteiger partial charge in [-0.05, 0) is 55.2 Å². The SMILES string of the molecule is NC(=S)c1cc2c(nc1Oc1ccc(Br)cc1)CCC2. The molecule has 0 bridgehead atoms. The van der Waals surface area contributed by atoms with Crippen LogP contribution in [0.25, 0.3) is 0 Å². The molecule has 0 saturated carbocycles. The highest BCUT2D eigenvalue weighted by Gasteiger charge is 2.18. The minimum Gasteiger partial charge on any atom is -0.438 e. The van der Waals surface area contributed by atoms with Crippen LogP contribution >= 0.6 is 28.1 Å². The average Bonchev–Trinajstić information content (AvgIpc) is 2.87. The average molecular weight is 349 g/mol. The van der Waals surface area contributed by atoms with Crippen LogP contribution in [0.3, 0.4) is 0 Å². The van der Waals surface area contributed by atoms with E-state index in [2.05, 4.69) is 20.9 Å². The molecule has 2 N–H and O–H groups in total. The molecule has 0 spiro atoms. The molecule has 3 nitrogen and oxygen atoms in total. The Labute approximate surface area is 131 Å². The normalized spacial score (nSPS) is 13.1. The summed E-state index contributed by atoms with van der Waals surface area (Å²) in [7, 11) is 0. The zero-order valence-corrected chi connectivity index (χ0v) is 13.1. The number of nitrogens with zero attached hydrogens (tertiary/aromatic N) is 1. The van der Waals surface area contributed by atoms with Gasteiger partial charge in [0.25, 0.3) is 0 Å². The lowest BCUT2D eigenvalue weighted by molar-refractivity contribution is 0.460. The molecule has 2 aromatic rings. The summed E-state index contributed by atoms with van der Waals surface area (Å²) < 4.78 is 6.85. The molecule has 1 heterocycles. The molecule has 0 amide bonds. The van der Waals surface area contributed by atoms with Gasteiger partial charge in [-0.15, -0.1) is 0 Å². The monoisotopic (exact) mass is 348 g/mol. The minimum atomic E-state index is 0.319. The molecule has 1 aliphatic carbocycles. The Morgan fingerprint density at radius 3 is 2.70 bits per heavy atom. The molecule has 0 radical (unpaired) electrons. The molecule has 0 aliphatic heterocycles. The van der Waals surface area contributed by atoms with E-state index in [4.69, 9.17) is 22.7 Å².